The Morgan fingerprint density at radius 1 is 1.17 bits per heavy atom. The number of quaternary nitrogens is 1. The largest absolute Gasteiger partial charge is 0.382 e. The Hall–Kier alpha value is -2.24. The first kappa shape index (κ1) is 17.1. The number of nitrogens with zero attached hydrogens (tertiary/aromatic N) is 1. The summed E-state index contributed by atoms with van der Waals surface area (Å²) in [6, 6.07) is 16.9. The minimum absolute atomic E-state index is 0.0127. The lowest BCUT2D eigenvalue weighted by atomic mass is 10.1. The quantitative estimate of drug-likeness (QED) is 0.579. The number of rotatable bonds is 8. The van der Waals surface area contributed by atoms with E-state index in [1.54, 1.807) is 12.1 Å². The minimum Gasteiger partial charge on any atom is -0.382 e. The summed E-state index contributed by atoms with van der Waals surface area (Å²) in [6.07, 6.45) is 1.32. The molecule has 0 radical (unpaired) electrons. The van der Waals surface area contributed by atoms with Gasteiger partial charge in [0.2, 0.25) is 0 Å². The fraction of sp³-hybridized carbons (Fsp3) is 0.333. The maximum atomic E-state index is 10.8. The van der Waals surface area contributed by atoms with Crippen molar-refractivity contribution in [2.45, 2.75) is 31.9 Å². The van der Waals surface area contributed by atoms with Gasteiger partial charge in [-0.05, 0) is 24.5 Å². The Morgan fingerprint density at radius 3 is 2.61 bits per heavy atom. The molecule has 3 N–H and O–H groups in total. The number of hydrogen-bond acceptors (Lipinski definition) is 3. The Labute approximate surface area is 136 Å². The van der Waals surface area contributed by atoms with Crippen molar-refractivity contribution in [1.82, 2.24) is 0 Å². The molecule has 0 aliphatic rings. The zero-order chi connectivity index (χ0) is 16.7. The van der Waals surface area contributed by atoms with Crippen molar-refractivity contribution in [3.63, 3.8) is 0 Å². The second-order valence-electron chi connectivity index (χ2n) is 5.84. The van der Waals surface area contributed by atoms with Gasteiger partial charge < -0.3 is 10.4 Å². The highest BCUT2D eigenvalue weighted by Gasteiger charge is 2.15. The average molecular weight is 315 g/mol. The van der Waals surface area contributed by atoms with Gasteiger partial charge in [0.1, 0.15) is 12.6 Å². The minimum atomic E-state index is -0.700. The van der Waals surface area contributed by atoms with E-state index in [2.05, 4.69) is 24.4 Å². The van der Waals surface area contributed by atoms with Crippen LogP contribution in [0.2, 0.25) is 0 Å². The standard InChI is InChI=1S/C18H22N2O3/c1-14(10-11-15-6-3-2-4-7-15)19-13-18(21)16-8-5-9-17(12-16)20(22)23/h2-9,12,14,18-19,21H,10-11,13H2,1H3/p+1/t14-,18+/m1/s1. The van der Waals surface area contributed by atoms with Crippen LogP contribution in [0.1, 0.15) is 30.6 Å². The molecule has 2 aromatic rings. The van der Waals surface area contributed by atoms with Crippen molar-refractivity contribution in [3.8, 4) is 0 Å². The highest BCUT2D eigenvalue weighted by Crippen LogP contribution is 2.18. The molecule has 5 nitrogen and oxygen atoms in total. The van der Waals surface area contributed by atoms with Gasteiger partial charge in [0, 0.05) is 18.6 Å². The van der Waals surface area contributed by atoms with Crippen LogP contribution in [-0.2, 0) is 6.42 Å². The highest BCUT2D eigenvalue weighted by molar-refractivity contribution is 5.35. The van der Waals surface area contributed by atoms with Crippen LogP contribution in [0.25, 0.3) is 0 Å². The van der Waals surface area contributed by atoms with Gasteiger partial charge in [-0.2, -0.15) is 0 Å². The lowest BCUT2D eigenvalue weighted by Crippen LogP contribution is -2.90. The van der Waals surface area contributed by atoms with Gasteiger partial charge in [0.15, 0.2) is 0 Å². The summed E-state index contributed by atoms with van der Waals surface area (Å²) in [7, 11) is 0. The summed E-state index contributed by atoms with van der Waals surface area (Å²) in [4.78, 5) is 10.3. The molecule has 2 atom stereocenters. The number of hydrogen-bond donors (Lipinski definition) is 2. The van der Waals surface area contributed by atoms with Crippen LogP contribution in [0.15, 0.2) is 54.6 Å². The molecule has 0 aliphatic heterocycles. The molecule has 0 heterocycles. The van der Waals surface area contributed by atoms with Gasteiger partial charge in [-0.15, -0.1) is 0 Å². The Balaban J connectivity index is 1.80. The summed E-state index contributed by atoms with van der Waals surface area (Å²) >= 11 is 0. The van der Waals surface area contributed by atoms with E-state index in [1.165, 1.54) is 17.7 Å². The molecule has 0 saturated carbocycles. The maximum absolute atomic E-state index is 10.8. The lowest BCUT2D eigenvalue weighted by molar-refractivity contribution is -0.693. The normalized spacial score (nSPS) is 13.5. The van der Waals surface area contributed by atoms with Gasteiger partial charge in [-0.3, -0.25) is 10.1 Å². The Kier molecular flexibility index (Phi) is 6.26. The number of aliphatic hydroxyl groups is 1. The highest BCUT2D eigenvalue weighted by atomic mass is 16.6. The molecule has 122 valence electrons. The molecule has 0 aliphatic carbocycles. The summed E-state index contributed by atoms with van der Waals surface area (Å²) in [5, 5.41) is 23.1. The molecule has 0 unspecified atom stereocenters. The number of nitro benzene ring substituents is 1. The topological polar surface area (TPSA) is 80.0 Å². The van der Waals surface area contributed by atoms with E-state index in [9.17, 15) is 15.2 Å². The van der Waals surface area contributed by atoms with Crippen molar-refractivity contribution in [3.05, 3.63) is 75.8 Å². The summed E-state index contributed by atoms with van der Waals surface area (Å²) in [6.45, 7) is 2.63. The van der Waals surface area contributed by atoms with Gasteiger partial charge in [-0.1, -0.05) is 42.5 Å². The number of aliphatic hydroxyl groups excluding tert-OH is 1. The van der Waals surface area contributed by atoms with E-state index < -0.39 is 11.0 Å². The van der Waals surface area contributed by atoms with Crippen molar-refractivity contribution < 1.29 is 15.3 Å². The van der Waals surface area contributed by atoms with E-state index in [4.69, 9.17) is 0 Å². The van der Waals surface area contributed by atoms with Gasteiger partial charge >= 0.3 is 0 Å². The second kappa shape index (κ2) is 8.41. The predicted molar refractivity (Wildman–Crippen MR) is 89.1 cm³/mol. The third-order valence-electron chi connectivity index (χ3n) is 3.96. The molecule has 0 spiro atoms. The zero-order valence-electron chi connectivity index (χ0n) is 13.3. The van der Waals surface area contributed by atoms with Crippen LogP contribution in [0.3, 0.4) is 0 Å². The van der Waals surface area contributed by atoms with Crippen LogP contribution in [0.4, 0.5) is 5.69 Å². The number of benzene rings is 2. The summed E-state index contributed by atoms with van der Waals surface area (Å²) < 4.78 is 0. The van der Waals surface area contributed by atoms with Crippen LogP contribution >= 0.6 is 0 Å². The Bertz CT molecular complexity index is 631. The van der Waals surface area contributed by atoms with Gasteiger partial charge in [-0.25, -0.2) is 0 Å². The smallest absolute Gasteiger partial charge is 0.269 e. The number of nitrogens with two attached hydrogens (primary N) is 1. The summed E-state index contributed by atoms with van der Waals surface area (Å²) in [5.74, 6) is 0. The lowest BCUT2D eigenvalue weighted by Gasteiger charge is -2.14. The third-order valence-corrected chi connectivity index (χ3v) is 3.96. The second-order valence-corrected chi connectivity index (χ2v) is 5.84. The molecule has 0 aromatic heterocycles. The van der Waals surface area contributed by atoms with Gasteiger partial charge in [0.25, 0.3) is 5.69 Å². The average Bonchev–Trinajstić information content (AvgIpc) is 2.58. The van der Waals surface area contributed by atoms with E-state index in [0.29, 0.717) is 18.2 Å². The molecule has 0 bridgehead atoms. The van der Waals surface area contributed by atoms with Crippen molar-refractivity contribution >= 4 is 5.69 Å². The molecule has 0 fully saturated rings. The van der Waals surface area contributed by atoms with Crippen molar-refractivity contribution in [1.29, 1.82) is 0 Å². The van der Waals surface area contributed by atoms with Crippen LogP contribution in [0.5, 0.6) is 0 Å². The fourth-order valence-electron chi connectivity index (χ4n) is 2.50. The first-order chi connectivity index (χ1) is 11.1. The molecule has 23 heavy (non-hydrogen) atoms. The number of aryl methyl sites for hydroxylation is 1. The van der Waals surface area contributed by atoms with E-state index in [1.807, 2.05) is 18.2 Å². The predicted octanol–water partition coefficient (Wildman–Crippen LogP) is 2.21. The van der Waals surface area contributed by atoms with Crippen molar-refractivity contribution in [2.24, 2.45) is 0 Å². The fourth-order valence-corrected chi connectivity index (χ4v) is 2.50. The van der Waals surface area contributed by atoms with Crippen LogP contribution in [0, 0.1) is 10.1 Å². The molecule has 5 heteroatoms. The SMILES string of the molecule is C[C@H](CCc1ccccc1)[NH2+]C[C@H](O)c1cccc([N+](=O)[O-])c1. The maximum Gasteiger partial charge on any atom is 0.269 e. The monoisotopic (exact) mass is 315 g/mol. The van der Waals surface area contributed by atoms with E-state index in [0.717, 1.165) is 12.8 Å². The molecule has 0 amide bonds. The first-order valence-corrected chi connectivity index (χ1v) is 7.86. The Morgan fingerprint density at radius 2 is 1.91 bits per heavy atom. The van der Waals surface area contributed by atoms with E-state index >= 15 is 0 Å². The molecular weight excluding hydrogens is 292 g/mol. The van der Waals surface area contributed by atoms with Crippen LogP contribution < -0.4 is 5.32 Å². The third kappa shape index (κ3) is 5.47. The summed E-state index contributed by atoms with van der Waals surface area (Å²) in [5.41, 5.74) is 1.91. The molecule has 2 rings (SSSR count). The molecule has 0 saturated heterocycles. The van der Waals surface area contributed by atoms with Gasteiger partial charge in [0.05, 0.1) is 11.0 Å². The number of nitro groups is 1. The number of non-ortho nitro benzene ring substituents is 1. The van der Waals surface area contributed by atoms with Crippen LogP contribution in [-0.4, -0.2) is 22.6 Å². The van der Waals surface area contributed by atoms with E-state index in [-0.39, 0.29) is 5.69 Å². The first-order valence-electron chi connectivity index (χ1n) is 7.86. The molecular formula is C18H23N2O3+. The van der Waals surface area contributed by atoms with Crippen molar-refractivity contribution in [2.75, 3.05) is 6.54 Å². The zero-order valence-corrected chi connectivity index (χ0v) is 13.3. The molecule has 2 aromatic carbocycles.